The highest BCUT2D eigenvalue weighted by molar-refractivity contribution is 7.92. The minimum Gasteiger partial charge on any atom is -0.354 e. The Labute approximate surface area is 236 Å². The maximum absolute atomic E-state index is 14.0. The fraction of sp³-hybridized carbons (Fsp3) is 0.333. The van der Waals surface area contributed by atoms with Gasteiger partial charge in [0.2, 0.25) is 21.8 Å². The molecule has 0 fully saturated rings. The number of benzene rings is 3. The molecule has 7 nitrogen and oxygen atoms in total. The van der Waals surface area contributed by atoms with E-state index >= 15 is 0 Å². The summed E-state index contributed by atoms with van der Waals surface area (Å²) >= 11 is 6.01. The van der Waals surface area contributed by atoms with Crippen LogP contribution in [0.3, 0.4) is 0 Å². The zero-order chi connectivity index (χ0) is 28.6. The van der Waals surface area contributed by atoms with Crippen LogP contribution in [0.25, 0.3) is 0 Å². The van der Waals surface area contributed by atoms with Crippen LogP contribution >= 0.6 is 11.6 Å². The third-order valence-electron chi connectivity index (χ3n) is 6.35. The molecule has 0 aliphatic carbocycles. The standard InChI is InChI=1S/C30H36ClN3O4S/c1-22(2)19-32-30(36)28(18-24-11-6-5-7-12-24)33(20-25-13-9-8-10-23(25)3)29(35)21-34(39(4,37)38)27-16-14-26(31)15-17-27/h5-17,22,28H,18-21H2,1-4H3,(H,32,36)/t28-/m1/s1. The average molecular weight is 570 g/mol. The molecule has 0 aromatic heterocycles. The minimum absolute atomic E-state index is 0.149. The number of halogens is 1. The molecule has 0 bridgehead atoms. The predicted octanol–water partition coefficient (Wildman–Crippen LogP) is 4.83. The van der Waals surface area contributed by atoms with E-state index in [0.717, 1.165) is 27.3 Å². The Hall–Kier alpha value is -3.36. The van der Waals surface area contributed by atoms with Crippen molar-refractivity contribution in [1.82, 2.24) is 10.2 Å². The summed E-state index contributed by atoms with van der Waals surface area (Å²) in [5.41, 5.74) is 3.05. The monoisotopic (exact) mass is 569 g/mol. The Morgan fingerprint density at radius 2 is 1.54 bits per heavy atom. The SMILES string of the molecule is Cc1ccccc1CN(C(=O)CN(c1ccc(Cl)cc1)S(C)(=O)=O)[C@H](Cc1ccccc1)C(=O)NCC(C)C. The third-order valence-corrected chi connectivity index (χ3v) is 7.74. The molecule has 9 heteroatoms. The van der Waals surface area contributed by atoms with E-state index in [4.69, 9.17) is 11.6 Å². The Balaban J connectivity index is 2.05. The number of sulfonamides is 1. The zero-order valence-corrected chi connectivity index (χ0v) is 24.4. The normalized spacial score (nSPS) is 12.2. The van der Waals surface area contributed by atoms with Crippen LogP contribution in [-0.2, 0) is 32.6 Å². The van der Waals surface area contributed by atoms with E-state index in [1.165, 1.54) is 4.90 Å². The summed E-state index contributed by atoms with van der Waals surface area (Å²) in [5, 5.41) is 3.43. The summed E-state index contributed by atoms with van der Waals surface area (Å²) in [4.78, 5) is 29.2. The van der Waals surface area contributed by atoms with Gasteiger partial charge in [-0.25, -0.2) is 8.42 Å². The predicted molar refractivity (Wildman–Crippen MR) is 157 cm³/mol. The number of hydrogen-bond acceptors (Lipinski definition) is 4. The van der Waals surface area contributed by atoms with Gasteiger partial charge in [-0.3, -0.25) is 13.9 Å². The van der Waals surface area contributed by atoms with Crippen LogP contribution in [-0.4, -0.2) is 50.5 Å². The molecule has 2 amide bonds. The first-order valence-electron chi connectivity index (χ1n) is 12.8. The van der Waals surface area contributed by atoms with Crippen molar-refractivity contribution >= 4 is 39.1 Å². The molecule has 1 atom stereocenters. The molecule has 0 radical (unpaired) electrons. The Morgan fingerprint density at radius 3 is 2.13 bits per heavy atom. The number of aryl methyl sites for hydroxylation is 1. The molecule has 39 heavy (non-hydrogen) atoms. The lowest BCUT2D eigenvalue weighted by Gasteiger charge is -2.34. The van der Waals surface area contributed by atoms with E-state index in [-0.39, 0.29) is 24.8 Å². The van der Waals surface area contributed by atoms with Gasteiger partial charge in [0.05, 0.1) is 11.9 Å². The van der Waals surface area contributed by atoms with Gasteiger partial charge in [0.1, 0.15) is 12.6 Å². The van der Waals surface area contributed by atoms with Crippen molar-refractivity contribution < 1.29 is 18.0 Å². The molecule has 0 saturated heterocycles. The zero-order valence-electron chi connectivity index (χ0n) is 22.8. The highest BCUT2D eigenvalue weighted by Gasteiger charge is 2.33. The lowest BCUT2D eigenvalue weighted by atomic mass is 10.0. The second-order valence-electron chi connectivity index (χ2n) is 10.0. The maximum atomic E-state index is 14.0. The fourth-order valence-corrected chi connectivity index (χ4v) is 5.14. The van der Waals surface area contributed by atoms with Gasteiger partial charge in [-0.05, 0) is 53.8 Å². The number of nitrogens with one attached hydrogen (secondary N) is 1. The van der Waals surface area contributed by atoms with Gasteiger partial charge in [0.15, 0.2) is 0 Å². The van der Waals surface area contributed by atoms with E-state index in [0.29, 0.717) is 17.3 Å². The topological polar surface area (TPSA) is 86.8 Å². The van der Waals surface area contributed by atoms with E-state index in [2.05, 4.69) is 5.32 Å². The molecule has 0 aliphatic heterocycles. The lowest BCUT2D eigenvalue weighted by Crippen LogP contribution is -2.53. The van der Waals surface area contributed by atoms with E-state index in [1.54, 1.807) is 24.3 Å². The van der Waals surface area contributed by atoms with Crippen LogP contribution in [0.4, 0.5) is 5.69 Å². The molecular formula is C30H36ClN3O4S. The summed E-state index contributed by atoms with van der Waals surface area (Å²) in [5.74, 6) is -0.552. The average Bonchev–Trinajstić information content (AvgIpc) is 2.89. The van der Waals surface area contributed by atoms with Crippen molar-refractivity contribution in [3.63, 3.8) is 0 Å². The van der Waals surface area contributed by atoms with Gasteiger partial charge in [-0.15, -0.1) is 0 Å². The molecule has 3 aromatic rings. The summed E-state index contributed by atoms with van der Waals surface area (Å²) < 4.78 is 26.6. The highest BCUT2D eigenvalue weighted by atomic mass is 35.5. The summed E-state index contributed by atoms with van der Waals surface area (Å²) in [6.45, 7) is 6.08. The maximum Gasteiger partial charge on any atom is 0.244 e. The van der Waals surface area contributed by atoms with Crippen LogP contribution in [0.1, 0.15) is 30.5 Å². The molecule has 1 N–H and O–H groups in total. The van der Waals surface area contributed by atoms with Crippen molar-refractivity contribution in [2.75, 3.05) is 23.7 Å². The molecule has 0 spiro atoms. The van der Waals surface area contributed by atoms with Crippen LogP contribution in [0.15, 0.2) is 78.9 Å². The molecule has 3 rings (SSSR count). The molecule has 0 unspecified atom stereocenters. The number of rotatable bonds is 12. The number of amides is 2. The van der Waals surface area contributed by atoms with E-state index in [9.17, 15) is 18.0 Å². The van der Waals surface area contributed by atoms with E-state index < -0.39 is 28.5 Å². The third kappa shape index (κ3) is 8.83. The second kappa shape index (κ2) is 13.6. The Kier molecular flexibility index (Phi) is 10.5. The van der Waals surface area contributed by atoms with Crippen molar-refractivity contribution in [1.29, 1.82) is 0 Å². The molecular weight excluding hydrogens is 534 g/mol. The number of anilines is 1. The fourth-order valence-electron chi connectivity index (χ4n) is 4.17. The molecule has 0 aliphatic rings. The Bertz CT molecular complexity index is 1360. The van der Waals surface area contributed by atoms with Crippen molar-refractivity contribution in [3.05, 3.63) is 101 Å². The largest absolute Gasteiger partial charge is 0.354 e. The van der Waals surface area contributed by atoms with Gasteiger partial charge >= 0.3 is 0 Å². The van der Waals surface area contributed by atoms with Gasteiger partial charge in [-0.2, -0.15) is 0 Å². The summed E-state index contributed by atoms with van der Waals surface area (Å²) in [6.07, 6.45) is 1.33. The van der Waals surface area contributed by atoms with Gasteiger partial charge < -0.3 is 10.2 Å². The first kappa shape index (κ1) is 30.2. The number of hydrogen-bond donors (Lipinski definition) is 1. The van der Waals surface area contributed by atoms with Gasteiger partial charge in [-0.1, -0.05) is 80.0 Å². The smallest absolute Gasteiger partial charge is 0.244 e. The minimum atomic E-state index is -3.82. The van der Waals surface area contributed by atoms with Crippen LogP contribution in [0.2, 0.25) is 5.02 Å². The Morgan fingerprint density at radius 1 is 0.923 bits per heavy atom. The number of nitrogens with zero attached hydrogens (tertiary/aromatic N) is 2. The van der Waals surface area contributed by atoms with E-state index in [1.807, 2.05) is 75.4 Å². The van der Waals surface area contributed by atoms with Gasteiger partial charge in [0.25, 0.3) is 0 Å². The molecule has 0 heterocycles. The van der Waals surface area contributed by atoms with Crippen molar-refractivity contribution in [2.24, 2.45) is 5.92 Å². The first-order chi connectivity index (χ1) is 18.5. The van der Waals surface area contributed by atoms with Gasteiger partial charge in [0, 0.05) is 24.5 Å². The van der Waals surface area contributed by atoms with Crippen LogP contribution in [0.5, 0.6) is 0 Å². The summed E-state index contributed by atoms with van der Waals surface area (Å²) in [7, 11) is -3.82. The number of carbonyl (C=O) groups is 2. The molecule has 3 aromatic carbocycles. The quantitative estimate of drug-likeness (QED) is 0.338. The van der Waals surface area contributed by atoms with Crippen LogP contribution in [0, 0.1) is 12.8 Å². The highest BCUT2D eigenvalue weighted by Crippen LogP contribution is 2.23. The van der Waals surface area contributed by atoms with Crippen molar-refractivity contribution in [3.8, 4) is 0 Å². The van der Waals surface area contributed by atoms with Crippen LogP contribution < -0.4 is 9.62 Å². The second-order valence-corrected chi connectivity index (χ2v) is 12.4. The number of carbonyl (C=O) groups excluding carboxylic acids is 2. The first-order valence-corrected chi connectivity index (χ1v) is 15.1. The molecule has 0 saturated carbocycles. The summed E-state index contributed by atoms with van der Waals surface area (Å²) in [6, 6.07) is 22.5. The lowest BCUT2D eigenvalue weighted by molar-refractivity contribution is -0.140. The molecule has 208 valence electrons. The van der Waals surface area contributed by atoms with Crippen molar-refractivity contribution in [2.45, 2.75) is 39.8 Å².